The molecule has 1 aromatic carbocycles. The summed E-state index contributed by atoms with van der Waals surface area (Å²) in [5.74, 6) is 2.18. The normalized spacial score (nSPS) is 19.1. The molecule has 2 aliphatic heterocycles. The zero-order valence-corrected chi connectivity index (χ0v) is 16.9. The lowest BCUT2D eigenvalue weighted by Gasteiger charge is -2.26. The molecule has 1 saturated heterocycles. The van der Waals surface area contributed by atoms with Crippen LogP contribution in [0.5, 0.6) is 0 Å². The molecule has 0 spiro atoms. The highest BCUT2D eigenvalue weighted by Gasteiger charge is 2.27. The van der Waals surface area contributed by atoms with Crippen LogP contribution in [-0.2, 0) is 19.3 Å². The highest BCUT2D eigenvalue weighted by atomic mass is 35.5. The molecule has 26 heavy (non-hydrogen) atoms. The lowest BCUT2D eigenvalue weighted by Crippen LogP contribution is -2.29. The van der Waals surface area contributed by atoms with Gasteiger partial charge in [-0.2, -0.15) is 0 Å². The molecule has 1 unspecified atom stereocenters. The molecule has 2 aliphatic rings. The second-order valence-corrected chi connectivity index (χ2v) is 6.99. The topological polar surface area (TPSA) is 41.1 Å². The van der Waals surface area contributed by atoms with Crippen molar-refractivity contribution >= 4 is 30.6 Å². The predicted molar refractivity (Wildman–Crippen MR) is 112 cm³/mol. The monoisotopic (exact) mass is 394 g/mol. The third kappa shape index (κ3) is 4.48. The fourth-order valence-corrected chi connectivity index (χ4v) is 3.92. The summed E-state index contributed by atoms with van der Waals surface area (Å²) in [6.07, 6.45) is 5.41. The van der Waals surface area contributed by atoms with Gasteiger partial charge in [-0.05, 0) is 38.3 Å². The molecule has 1 fully saturated rings. The summed E-state index contributed by atoms with van der Waals surface area (Å²) in [7, 11) is 0. The highest BCUT2D eigenvalue weighted by Crippen LogP contribution is 2.30. The van der Waals surface area contributed by atoms with Gasteiger partial charge in [0.05, 0.1) is 5.69 Å². The van der Waals surface area contributed by atoms with E-state index >= 15 is 0 Å². The molecular weight excluding hydrogens is 367 g/mol. The number of nitrogens with zero attached hydrogens (tertiary/aromatic N) is 3. The van der Waals surface area contributed by atoms with Gasteiger partial charge in [-0.15, -0.1) is 24.8 Å². The van der Waals surface area contributed by atoms with Gasteiger partial charge in [0, 0.05) is 37.5 Å². The number of anilines is 1. The summed E-state index contributed by atoms with van der Waals surface area (Å²) in [4.78, 5) is 12.5. The zero-order chi connectivity index (χ0) is 16.4. The Bertz CT molecular complexity index is 708. The average molecular weight is 395 g/mol. The van der Waals surface area contributed by atoms with Gasteiger partial charge < -0.3 is 10.2 Å². The number of benzene rings is 1. The molecule has 0 bridgehead atoms. The second kappa shape index (κ2) is 9.54. The largest absolute Gasteiger partial charge is 0.354 e. The Hall–Kier alpha value is -1.36. The van der Waals surface area contributed by atoms with E-state index in [0.29, 0.717) is 6.04 Å². The summed E-state index contributed by atoms with van der Waals surface area (Å²) in [5.41, 5.74) is 3.92. The molecule has 0 radical (unpaired) electrons. The summed E-state index contributed by atoms with van der Waals surface area (Å²) >= 11 is 0. The molecule has 4 rings (SSSR count). The van der Waals surface area contributed by atoms with Gasteiger partial charge in [0.2, 0.25) is 0 Å². The second-order valence-electron chi connectivity index (χ2n) is 6.99. The predicted octanol–water partition coefficient (Wildman–Crippen LogP) is 3.59. The van der Waals surface area contributed by atoms with Gasteiger partial charge in [-0.25, -0.2) is 9.97 Å². The van der Waals surface area contributed by atoms with Gasteiger partial charge in [0.1, 0.15) is 11.6 Å². The number of aromatic nitrogens is 2. The van der Waals surface area contributed by atoms with Crippen LogP contribution in [0.25, 0.3) is 0 Å². The molecule has 1 aromatic heterocycles. The Morgan fingerprint density at radius 2 is 1.85 bits per heavy atom. The van der Waals surface area contributed by atoms with Crippen molar-refractivity contribution in [1.29, 1.82) is 0 Å². The molecule has 142 valence electrons. The first-order valence-corrected chi connectivity index (χ1v) is 9.21. The number of halogens is 2. The first-order valence-electron chi connectivity index (χ1n) is 9.21. The lowest BCUT2D eigenvalue weighted by atomic mass is 10.1. The summed E-state index contributed by atoms with van der Waals surface area (Å²) in [6.45, 7) is 5.50. The third-order valence-corrected chi connectivity index (χ3v) is 5.24. The Kier molecular flexibility index (Phi) is 7.69. The molecule has 6 heteroatoms. The zero-order valence-electron chi connectivity index (χ0n) is 15.3. The van der Waals surface area contributed by atoms with E-state index in [1.165, 1.54) is 35.5 Å². The van der Waals surface area contributed by atoms with Crippen molar-refractivity contribution in [3.05, 3.63) is 53.0 Å². The first kappa shape index (κ1) is 20.9. The van der Waals surface area contributed by atoms with E-state index < -0.39 is 0 Å². The Morgan fingerprint density at radius 3 is 2.58 bits per heavy atom. The van der Waals surface area contributed by atoms with Crippen LogP contribution in [0, 0.1) is 0 Å². The maximum atomic E-state index is 5.04. The minimum Gasteiger partial charge on any atom is -0.354 e. The number of hydrogen-bond donors (Lipinski definition) is 1. The van der Waals surface area contributed by atoms with Crippen molar-refractivity contribution in [2.45, 2.75) is 45.1 Å². The minimum absolute atomic E-state index is 0. The average Bonchev–Trinajstić information content (AvgIpc) is 2.88. The molecular formula is C20H28Cl2N4. The van der Waals surface area contributed by atoms with Gasteiger partial charge in [0.15, 0.2) is 0 Å². The van der Waals surface area contributed by atoms with Crippen LogP contribution in [0.3, 0.4) is 0 Å². The number of rotatable bonds is 3. The van der Waals surface area contributed by atoms with Crippen molar-refractivity contribution in [1.82, 2.24) is 15.3 Å². The van der Waals surface area contributed by atoms with E-state index in [1.807, 2.05) is 0 Å². The van der Waals surface area contributed by atoms with E-state index in [9.17, 15) is 0 Å². The SMILES string of the molecule is CC1CCCN1c1nc(Cc2ccccc2)nc2c1CCNCC2.Cl.Cl. The molecule has 0 amide bonds. The molecule has 1 N–H and O–H groups in total. The summed E-state index contributed by atoms with van der Waals surface area (Å²) in [5, 5.41) is 3.51. The van der Waals surface area contributed by atoms with Crippen molar-refractivity contribution in [3.63, 3.8) is 0 Å². The Balaban J connectivity index is 0.00000121. The van der Waals surface area contributed by atoms with Gasteiger partial charge in [0.25, 0.3) is 0 Å². The molecule has 1 atom stereocenters. The molecule has 0 saturated carbocycles. The van der Waals surface area contributed by atoms with Gasteiger partial charge >= 0.3 is 0 Å². The molecule has 3 heterocycles. The summed E-state index contributed by atoms with van der Waals surface area (Å²) < 4.78 is 0. The van der Waals surface area contributed by atoms with Crippen molar-refractivity contribution in [3.8, 4) is 0 Å². The third-order valence-electron chi connectivity index (χ3n) is 5.24. The minimum atomic E-state index is 0. The smallest absolute Gasteiger partial charge is 0.136 e. The van der Waals surface area contributed by atoms with Crippen LogP contribution in [-0.4, -0.2) is 35.6 Å². The van der Waals surface area contributed by atoms with Crippen LogP contribution in [0.2, 0.25) is 0 Å². The summed E-state index contributed by atoms with van der Waals surface area (Å²) in [6, 6.07) is 11.1. The fourth-order valence-electron chi connectivity index (χ4n) is 3.92. The Labute approximate surface area is 168 Å². The van der Waals surface area contributed by atoms with Crippen LogP contribution in [0.1, 0.15) is 42.4 Å². The van der Waals surface area contributed by atoms with Crippen LogP contribution in [0.15, 0.2) is 30.3 Å². The van der Waals surface area contributed by atoms with Gasteiger partial charge in [-0.1, -0.05) is 30.3 Å². The quantitative estimate of drug-likeness (QED) is 0.863. The fraction of sp³-hybridized carbons (Fsp3) is 0.500. The molecule has 2 aromatic rings. The maximum absolute atomic E-state index is 5.04. The first-order chi connectivity index (χ1) is 11.8. The number of nitrogens with one attached hydrogen (secondary N) is 1. The van der Waals surface area contributed by atoms with Crippen molar-refractivity contribution < 1.29 is 0 Å². The number of fused-ring (bicyclic) bond motifs is 1. The van der Waals surface area contributed by atoms with Gasteiger partial charge in [-0.3, -0.25) is 0 Å². The van der Waals surface area contributed by atoms with Crippen molar-refractivity contribution in [2.24, 2.45) is 0 Å². The number of hydrogen-bond acceptors (Lipinski definition) is 4. The molecule has 4 nitrogen and oxygen atoms in total. The van der Waals surface area contributed by atoms with Crippen LogP contribution < -0.4 is 10.2 Å². The van der Waals surface area contributed by atoms with E-state index in [2.05, 4.69) is 47.5 Å². The highest BCUT2D eigenvalue weighted by molar-refractivity contribution is 5.85. The van der Waals surface area contributed by atoms with E-state index in [0.717, 1.165) is 44.7 Å². The standard InChI is InChI=1S/C20H26N4.2ClH/c1-15-6-5-13-24(15)20-17-9-11-21-12-10-18(17)22-19(23-20)14-16-7-3-2-4-8-16;;/h2-4,7-8,15,21H,5-6,9-14H2,1H3;2*1H. The van der Waals surface area contributed by atoms with E-state index in [-0.39, 0.29) is 24.8 Å². The van der Waals surface area contributed by atoms with Crippen LogP contribution in [0.4, 0.5) is 5.82 Å². The van der Waals surface area contributed by atoms with E-state index in [1.54, 1.807) is 0 Å². The van der Waals surface area contributed by atoms with Crippen molar-refractivity contribution in [2.75, 3.05) is 24.5 Å². The Morgan fingerprint density at radius 1 is 1.08 bits per heavy atom. The van der Waals surface area contributed by atoms with E-state index in [4.69, 9.17) is 9.97 Å². The lowest BCUT2D eigenvalue weighted by molar-refractivity contribution is 0.704. The van der Waals surface area contributed by atoms with Crippen LogP contribution >= 0.6 is 24.8 Å². The maximum Gasteiger partial charge on any atom is 0.136 e. The molecule has 0 aliphatic carbocycles.